The number of aromatic amines is 1. The van der Waals surface area contributed by atoms with Crippen LogP contribution in [0.3, 0.4) is 0 Å². The van der Waals surface area contributed by atoms with Gasteiger partial charge in [0.1, 0.15) is 23.8 Å². The molecule has 2 aromatic rings. The predicted molar refractivity (Wildman–Crippen MR) is 80.4 cm³/mol. The number of anilines is 1. The van der Waals surface area contributed by atoms with Crippen LogP contribution in [0.4, 0.5) is 5.82 Å². The zero-order chi connectivity index (χ0) is 14.5. The van der Waals surface area contributed by atoms with E-state index in [9.17, 15) is 0 Å². The fourth-order valence-electron chi connectivity index (χ4n) is 2.25. The van der Waals surface area contributed by atoms with Crippen molar-refractivity contribution in [2.24, 2.45) is 5.73 Å². The summed E-state index contributed by atoms with van der Waals surface area (Å²) >= 11 is 0. The SMILES string of the molecule is CCOCc1nc2c(C)c(CCCCN)nc(N)c2[nH]1. The number of aryl methyl sites for hydroxylation is 2. The van der Waals surface area contributed by atoms with E-state index in [1.54, 1.807) is 0 Å². The molecule has 5 N–H and O–H groups in total. The third kappa shape index (κ3) is 3.08. The Morgan fingerprint density at radius 2 is 2.05 bits per heavy atom. The molecule has 0 saturated carbocycles. The van der Waals surface area contributed by atoms with Crippen molar-refractivity contribution in [2.45, 2.75) is 39.7 Å². The third-order valence-corrected chi connectivity index (χ3v) is 3.36. The molecule has 0 bridgehead atoms. The van der Waals surface area contributed by atoms with E-state index in [2.05, 4.69) is 15.0 Å². The summed E-state index contributed by atoms with van der Waals surface area (Å²) in [5.41, 5.74) is 15.4. The molecule has 0 aliphatic heterocycles. The minimum absolute atomic E-state index is 0.465. The first kappa shape index (κ1) is 14.7. The number of unbranched alkanes of at least 4 members (excludes halogenated alkanes) is 1. The Morgan fingerprint density at radius 1 is 1.25 bits per heavy atom. The molecule has 110 valence electrons. The molecule has 6 heteroatoms. The molecule has 0 atom stereocenters. The zero-order valence-corrected chi connectivity index (χ0v) is 12.2. The van der Waals surface area contributed by atoms with E-state index in [1.807, 2.05) is 13.8 Å². The van der Waals surface area contributed by atoms with Crippen LogP contribution in [0.1, 0.15) is 36.8 Å². The molecule has 0 unspecified atom stereocenters. The lowest BCUT2D eigenvalue weighted by atomic mass is 10.1. The molecule has 2 heterocycles. The highest BCUT2D eigenvalue weighted by atomic mass is 16.5. The molecule has 0 radical (unpaired) electrons. The van der Waals surface area contributed by atoms with Crippen LogP contribution in [0.15, 0.2) is 0 Å². The van der Waals surface area contributed by atoms with Crippen molar-refractivity contribution < 1.29 is 4.74 Å². The fraction of sp³-hybridized carbons (Fsp3) is 0.571. The van der Waals surface area contributed by atoms with Gasteiger partial charge < -0.3 is 21.2 Å². The molecule has 2 aromatic heterocycles. The van der Waals surface area contributed by atoms with E-state index in [0.717, 1.165) is 47.4 Å². The highest BCUT2D eigenvalue weighted by Crippen LogP contribution is 2.24. The minimum atomic E-state index is 0.465. The van der Waals surface area contributed by atoms with E-state index in [0.29, 0.717) is 25.6 Å². The molecule has 0 saturated heterocycles. The molecule has 6 nitrogen and oxygen atoms in total. The van der Waals surface area contributed by atoms with Crippen LogP contribution in [0, 0.1) is 6.92 Å². The van der Waals surface area contributed by atoms with Crippen LogP contribution in [-0.2, 0) is 17.8 Å². The zero-order valence-electron chi connectivity index (χ0n) is 12.2. The monoisotopic (exact) mass is 277 g/mol. The van der Waals surface area contributed by atoms with Crippen molar-refractivity contribution >= 4 is 16.9 Å². The number of hydrogen-bond acceptors (Lipinski definition) is 5. The van der Waals surface area contributed by atoms with Crippen LogP contribution in [0.25, 0.3) is 11.0 Å². The molecular weight excluding hydrogens is 254 g/mol. The van der Waals surface area contributed by atoms with Crippen molar-refractivity contribution in [3.8, 4) is 0 Å². The topological polar surface area (TPSA) is 103 Å². The van der Waals surface area contributed by atoms with E-state index in [-0.39, 0.29) is 0 Å². The number of ether oxygens (including phenoxy) is 1. The largest absolute Gasteiger partial charge is 0.382 e. The minimum Gasteiger partial charge on any atom is -0.382 e. The van der Waals surface area contributed by atoms with Crippen LogP contribution >= 0.6 is 0 Å². The number of rotatable bonds is 7. The Labute approximate surface area is 118 Å². The summed E-state index contributed by atoms with van der Waals surface area (Å²) in [5, 5.41) is 0. The van der Waals surface area contributed by atoms with Gasteiger partial charge in [0.15, 0.2) is 0 Å². The Hall–Kier alpha value is -1.66. The van der Waals surface area contributed by atoms with Crippen molar-refractivity contribution in [3.63, 3.8) is 0 Å². The van der Waals surface area contributed by atoms with Gasteiger partial charge >= 0.3 is 0 Å². The van der Waals surface area contributed by atoms with Crippen LogP contribution < -0.4 is 11.5 Å². The molecular formula is C14H23N5O. The number of nitrogen functional groups attached to an aromatic ring is 1. The van der Waals surface area contributed by atoms with Gasteiger partial charge in [0.25, 0.3) is 0 Å². The van der Waals surface area contributed by atoms with E-state index in [1.165, 1.54) is 0 Å². The van der Waals surface area contributed by atoms with Gasteiger partial charge in [0.2, 0.25) is 0 Å². The van der Waals surface area contributed by atoms with Crippen molar-refractivity contribution in [3.05, 3.63) is 17.1 Å². The maximum absolute atomic E-state index is 6.02. The number of nitrogens with two attached hydrogens (primary N) is 2. The van der Waals surface area contributed by atoms with Gasteiger partial charge in [-0.3, -0.25) is 0 Å². The molecule has 20 heavy (non-hydrogen) atoms. The Morgan fingerprint density at radius 3 is 2.75 bits per heavy atom. The number of imidazole rings is 1. The molecule has 0 aliphatic carbocycles. The quantitative estimate of drug-likeness (QED) is 0.668. The summed E-state index contributed by atoms with van der Waals surface area (Å²) in [5.74, 6) is 1.29. The van der Waals surface area contributed by atoms with Crippen LogP contribution in [0.2, 0.25) is 0 Å². The molecule has 0 fully saturated rings. The number of pyridine rings is 1. The van der Waals surface area contributed by atoms with E-state index in [4.69, 9.17) is 16.2 Å². The van der Waals surface area contributed by atoms with E-state index >= 15 is 0 Å². The standard InChI is InChI=1S/C14H23N5O/c1-3-20-8-11-18-12-9(2)10(6-4-5-7-15)17-14(16)13(12)19-11/h3-8,15H2,1-2H3,(H2,16,17)(H,18,19). The van der Waals surface area contributed by atoms with Gasteiger partial charge in [0.05, 0.1) is 5.52 Å². The maximum Gasteiger partial charge on any atom is 0.149 e. The number of fused-ring (bicyclic) bond motifs is 1. The van der Waals surface area contributed by atoms with Crippen LogP contribution in [0.5, 0.6) is 0 Å². The summed E-state index contributed by atoms with van der Waals surface area (Å²) in [6.45, 7) is 5.83. The number of H-pyrrole nitrogens is 1. The summed E-state index contributed by atoms with van der Waals surface area (Å²) < 4.78 is 5.37. The second-order valence-corrected chi connectivity index (χ2v) is 4.86. The highest BCUT2D eigenvalue weighted by Gasteiger charge is 2.13. The molecule has 2 rings (SSSR count). The number of hydrogen-bond donors (Lipinski definition) is 3. The Bertz CT molecular complexity index is 578. The summed E-state index contributed by atoms with van der Waals surface area (Å²) in [6.07, 6.45) is 2.90. The fourth-order valence-corrected chi connectivity index (χ4v) is 2.25. The average molecular weight is 277 g/mol. The number of nitrogens with one attached hydrogen (secondary N) is 1. The number of nitrogens with zero attached hydrogens (tertiary/aromatic N) is 2. The van der Waals surface area contributed by atoms with E-state index < -0.39 is 0 Å². The van der Waals surface area contributed by atoms with Gasteiger partial charge in [-0.2, -0.15) is 0 Å². The molecule has 0 amide bonds. The summed E-state index contributed by atoms with van der Waals surface area (Å²) in [6, 6.07) is 0. The molecule has 0 spiro atoms. The first-order valence-corrected chi connectivity index (χ1v) is 7.08. The Kier molecular flexibility index (Phi) is 4.92. The third-order valence-electron chi connectivity index (χ3n) is 3.36. The van der Waals surface area contributed by atoms with Gasteiger partial charge in [0, 0.05) is 12.3 Å². The smallest absolute Gasteiger partial charge is 0.149 e. The lowest BCUT2D eigenvalue weighted by Crippen LogP contribution is -2.03. The predicted octanol–water partition coefficient (Wildman–Crippen LogP) is 1.67. The average Bonchev–Trinajstić information content (AvgIpc) is 2.87. The van der Waals surface area contributed by atoms with Gasteiger partial charge in [-0.05, 0) is 45.2 Å². The van der Waals surface area contributed by atoms with Gasteiger partial charge in [-0.1, -0.05) is 0 Å². The van der Waals surface area contributed by atoms with Crippen molar-refractivity contribution in [1.82, 2.24) is 15.0 Å². The normalized spacial score (nSPS) is 11.3. The second-order valence-electron chi connectivity index (χ2n) is 4.86. The summed E-state index contributed by atoms with van der Waals surface area (Å²) in [4.78, 5) is 12.3. The second kappa shape index (κ2) is 6.67. The lowest BCUT2D eigenvalue weighted by Gasteiger charge is -2.07. The summed E-state index contributed by atoms with van der Waals surface area (Å²) in [7, 11) is 0. The number of aromatic nitrogens is 3. The Balaban J connectivity index is 2.30. The maximum atomic E-state index is 6.02. The van der Waals surface area contributed by atoms with Crippen LogP contribution in [-0.4, -0.2) is 28.1 Å². The van der Waals surface area contributed by atoms with Crippen molar-refractivity contribution in [2.75, 3.05) is 18.9 Å². The first-order valence-electron chi connectivity index (χ1n) is 7.08. The molecule has 0 aromatic carbocycles. The first-order chi connectivity index (χ1) is 9.67. The van der Waals surface area contributed by atoms with Crippen molar-refractivity contribution in [1.29, 1.82) is 0 Å². The van der Waals surface area contributed by atoms with Gasteiger partial charge in [-0.25, -0.2) is 9.97 Å². The highest BCUT2D eigenvalue weighted by molar-refractivity contribution is 5.87. The molecule has 0 aliphatic rings. The lowest BCUT2D eigenvalue weighted by molar-refractivity contribution is 0.129. The van der Waals surface area contributed by atoms with Gasteiger partial charge in [-0.15, -0.1) is 0 Å².